The smallest absolute Gasteiger partial charge is 0.744 e. The number of aryl methyl sites for hydroxylation is 4. The van der Waals surface area contributed by atoms with E-state index in [1.54, 1.807) is 0 Å². The van der Waals surface area contributed by atoms with E-state index in [4.69, 9.17) is 0 Å². The SMILES string of the molecule is CCCCCCCCc1ccc2cc(S(=O)(=O)[O-])ccc2c1CCCCCCCC.CCCCCCCCc1ccc2cc(S(=O)(=O)[O-])ccc2c1CCCCCCCC.[Ca+2]. The van der Waals surface area contributed by atoms with E-state index in [2.05, 4.69) is 39.8 Å². The topological polar surface area (TPSA) is 114 Å². The first-order chi connectivity index (χ1) is 28.9. The van der Waals surface area contributed by atoms with Gasteiger partial charge in [0.1, 0.15) is 20.2 Å². The molecule has 0 amide bonds. The molecule has 0 N–H and O–H groups in total. The first-order valence-corrected chi connectivity index (χ1v) is 26.8. The van der Waals surface area contributed by atoms with Gasteiger partial charge in [-0.25, -0.2) is 16.8 Å². The summed E-state index contributed by atoms with van der Waals surface area (Å²) in [5.41, 5.74) is 5.49. The van der Waals surface area contributed by atoms with Gasteiger partial charge in [-0.1, -0.05) is 193 Å². The standard InChI is InChI=1S/2C26H40O3S.Ca/c2*1-3-5-7-9-11-13-15-22-17-18-23-21-24(30(27,28)29)19-20-26(23)25(22)16-14-12-10-8-6-4-2;/h2*17-21H,3-16H2,1-2H3,(H,27,28,29);/q;;+2/p-2. The minimum Gasteiger partial charge on any atom is -0.744 e. The van der Waals surface area contributed by atoms with Crippen LogP contribution in [0.5, 0.6) is 0 Å². The van der Waals surface area contributed by atoms with Gasteiger partial charge in [-0.05, 0) is 119 Å². The van der Waals surface area contributed by atoms with Gasteiger partial charge >= 0.3 is 37.7 Å². The van der Waals surface area contributed by atoms with E-state index >= 15 is 0 Å². The zero-order valence-corrected chi connectivity index (χ0v) is 42.4. The molecule has 0 unspecified atom stereocenters. The normalized spacial score (nSPS) is 11.8. The molecule has 336 valence electrons. The Labute approximate surface area is 402 Å². The Morgan fingerprint density at radius 2 is 0.639 bits per heavy atom. The molecule has 0 bridgehead atoms. The van der Waals surface area contributed by atoms with Crippen molar-refractivity contribution in [3.63, 3.8) is 0 Å². The molecule has 0 heterocycles. The van der Waals surface area contributed by atoms with Crippen LogP contribution < -0.4 is 0 Å². The maximum atomic E-state index is 11.4. The van der Waals surface area contributed by atoms with Crippen LogP contribution in [0.4, 0.5) is 0 Å². The fraction of sp³-hybridized carbons (Fsp3) is 0.615. The zero-order valence-electron chi connectivity index (χ0n) is 38.5. The molecule has 0 spiro atoms. The third kappa shape index (κ3) is 20.9. The van der Waals surface area contributed by atoms with Gasteiger partial charge in [0.25, 0.3) is 0 Å². The first-order valence-electron chi connectivity index (χ1n) is 23.9. The maximum Gasteiger partial charge on any atom is 2.00 e. The van der Waals surface area contributed by atoms with Crippen molar-refractivity contribution in [2.24, 2.45) is 0 Å². The van der Waals surface area contributed by atoms with Crippen LogP contribution in [0.25, 0.3) is 21.5 Å². The summed E-state index contributed by atoms with van der Waals surface area (Å²) in [4.78, 5) is -0.270. The molecule has 9 heteroatoms. The van der Waals surface area contributed by atoms with E-state index in [-0.39, 0.29) is 47.5 Å². The summed E-state index contributed by atoms with van der Waals surface area (Å²) in [7, 11) is -8.84. The van der Waals surface area contributed by atoms with Crippen LogP contribution in [-0.2, 0) is 45.9 Å². The molecule has 0 saturated heterocycles. The van der Waals surface area contributed by atoms with Gasteiger partial charge in [-0.2, -0.15) is 0 Å². The minimum absolute atomic E-state index is 0. The van der Waals surface area contributed by atoms with E-state index in [0.717, 1.165) is 60.1 Å². The molecule has 0 radical (unpaired) electrons. The quantitative estimate of drug-likeness (QED) is 0.0292. The average Bonchev–Trinajstić information content (AvgIpc) is 3.22. The monoisotopic (exact) mass is 902 g/mol. The fourth-order valence-corrected chi connectivity index (χ4v) is 9.57. The second-order valence-corrected chi connectivity index (χ2v) is 19.9. The van der Waals surface area contributed by atoms with Crippen molar-refractivity contribution >= 4 is 79.5 Å². The molecular weight excluding hydrogens is 825 g/mol. The number of fused-ring (bicyclic) bond motifs is 2. The van der Waals surface area contributed by atoms with Crippen LogP contribution in [0.1, 0.15) is 204 Å². The molecular formula is C52H78CaO6S2. The van der Waals surface area contributed by atoms with Gasteiger partial charge < -0.3 is 9.11 Å². The molecule has 4 aromatic carbocycles. The van der Waals surface area contributed by atoms with Gasteiger partial charge in [-0.15, -0.1) is 0 Å². The van der Waals surface area contributed by atoms with E-state index in [0.29, 0.717) is 0 Å². The number of rotatable bonds is 30. The van der Waals surface area contributed by atoms with Gasteiger partial charge in [0, 0.05) is 0 Å². The first kappa shape index (κ1) is 55.6. The summed E-state index contributed by atoms with van der Waals surface area (Å²) in [6.45, 7) is 8.96. The number of hydrogen-bond donors (Lipinski definition) is 0. The predicted octanol–water partition coefficient (Wildman–Crippen LogP) is 14.7. The van der Waals surface area contributed by atoms with Crippen molar-refractivity contribution < 1.29 is 25.9 Å². The molecule has 61 heavy (non-hydrogen) atoms. The zero-order chi connectivity index (χ0) is 43.6. The third-order valence-electron chi connectivity index (χ3n) is 12.1. The van der Waals surface area contributed by atoms with Crippen molar-refractivity contribution in [3.05, 3.63) is 82.9 Å². The minimum atomic E-state index is -4.42. The van der Waals surface area contributed by atoms with E-state index in [9.17, 15) is 25.9 Å². The summed E-state index contributed by atoms with van der Waals surface area (Å²) in [6, 6.07) is 18.0. The average molecular weight is 903 g/mol. The maximum absolute atomic E-state index is 11.4. The van der Waals surface area contributed by atoms with Crippen molar-refractivity contribution in [1.82, 2.24) is 0 Å². The summed E-state index contributed by atoms with van der Waals surface area (Å²) >= 11 is 0. The largest absolute Gasteiger partial charge is 2.00 e. The van der Waals surface area contributed by atoms with Crippen molar-refractivity contribution in [1.29, 1.82) is 0 Å². The Morgan fingerprint density at radius 1 is 0.361 bits per heavy atom. The van der Waals surface area contributed by atoms with Crippen LogP contribution in [0.3, 0.4) is 0 Å². The Bertz CT molecular complexity index is 1900. The summed E-state index contributed by atoms with van der Waals surface area (Å²) < 4.78 is 68.5. The van der Waals surface area contributed by atoms with E-state index in [1.807, 2.05) is 24.3 Å². The van der Waals surface area contributed by atoms with Crippen molar-refractivity contribution in [2.75, 3.05) is 0 Å². The van der Waals surface area contributed by atoms with Gasteiger partial charge in [0.2, 0.25) is 0 Å². The molecule has 0 fully saturated rings. The third-order valence-corrected chi connectivity index (χ3v) is 13.8. The molecule has 4 aromatic rings. The van der Waals surface area contributed by atoms with Gasteiger partial charge in [0.05, 0.1) is 9.79 Å². The van der Waals surface area contributed by atoms with Crippen LogP contribution in [0, 0.1) is 0 Å². The molecule has 0 aliphatic heterocycles. The van der Waals surface area contributed by atoms with Crippen LogP contribution >= 0.6 is 0 Å². The van der Waals surface area contributed by atoms with Gasteiger partial charge in [-0.3, -0.25) is 0 Å². The van der Waals surface area contributed by atoms with Gasteiger partial charge in [0.15, 0.2) is 0 Å². The number of benzene rings is 4. The number of unbranched alkanes of at least 4 members (excludes halogenated alkanes) is 20. The van der Waals surface area contributed by atoms with Crippen molar-refractivity contribution in [3.8, 4) is 0 Å². The molecule has 0 saturated carbocycles. The van der Waals surface area contributed by atoms with E-state index in [1.165, 1.54) is 188 Å². The molecule has 0 aromatic heterocycles. The Hall–Kier alpha value is -1.52. The second-order valence-electron chi connectivity index (χ2n) is 17.2. The number of hydrogen-bond acceptors (Lipinski definition) is 6. The second kappa shape index (κ2) is 31.4. The predicted molar refractivity (Wildman–Crippen MR) is 258 cm³/mol. The molecule has 0 aliphatic rings. The molecule has 0 atom stereocenters. The summed E-state index contributed by atoms with van der Waals surface area (Å²) in [5, 5.41) is 3.94. The molecule has 4 rings (SSSR count). The summed E-state index contributed by atoms with van der Waals surface area (Å²) in [5.74, 6) is 0. The summed E-state index contributed by atoms with van der Waals surface area (Å²) in [6.07, 6.45) is 34.7. The van der Waals surface area contributed by atoms with E-state index < -0.39 is 20.2 Å². The van der Waals surface area contributed by atoms with Crippen LogP contribution in [-0.4, -0.2) is 63.7 Å². The van der Waals surface area contributed by atoms with Crippen LogP contribution in [0.15, 0.2) is 70.5 Å². The van der Waals surface area contributed by atoms with Crippen molar-refractivity contribution in [2.45, 2.75) is 217 Å². The molecule has 0 aliphatic carbocycles. The molecule has 6 nitrogen and oxygen atoms in total. The Kier molecular flexibility index (Phi) is 28.6. The van der Waals surface area contributed by atoms with Crippen LogP contribution in [0.2, 0.25) is 0 Å². The Morgan fingerprint density at radius 3 is 0.934 bits per heavy atom. The Balaban J connectivity index is 0.000000413. The fourth-order valence-electron chi connectivity index (χ4n) is 8.56.